The molecule has 1 saturated heterocycles. The molecule has 2 rings (SSSR count). The number of sulfonamides is 1. The minimum absolute atomic E-state index is 0.116. The first-order valence-electron chi connectivity index (χ1n) is 6.67. The summed E-state index contributed by atoms with van der Waals surface area (Å²) in [5.74, 6) is -0.133. The van der Waals surface area contributed by atoms with Crippen molar-refractivity contribution in [3.05, 3.63) is 23.8 Å². The van der Waals surface area contributed by atoms with Crippen LogP contribution in [0.5, 0.6) is 0 Å². The number of carbonyl (C=O) groups excluding carboxylic acids is 1. The average molecular weight is 312 g/mol. The van der Waals surface area contributed by atoms with Crippen LogP contribution in [0.15, 0.2) is 18.2 Å². The van der Waals surface area contributed by atoms with Gasteiger partial charge >= 0.3 is 0 Å². The number of likely N-dealkylation sites (tertiary alicyclic amines) is 1. The molecule has 1 heterocycles. The van der Waals surface area contributed by atoms with E-state index in [2.05, 4.69) is 4.72 Å². The van der Waals surface area contributed by atoms with Crippen molar-refractivity contribution in [3.63, 3.8) is 0 Å². The van der Waals surface area contributed by atoms with Crippen molar-refractivity contribution in [2.75, 3.05) is 30.8 Å². The van der Waals surface area contributed by atoms with E-state index in [-0.39, 0.29) is 11.9 Å². The topological polar surface area (TPSA) is 119 Å². The summed E-state index contributed by atoms with van der Waals surface area (Å²) in [6.07, 6.45) is 2.33. The van der Waals surface area contributed by atoms with Crippen molar-refractivity contribution in [1.82, 2.24) is 9.62 Å². The molecular formula is C13H20N4O3S. The Morgan fingerprint density at radius 2 is 1.71 bits per heavy atom. The molecule has 0 bridgehead atoms. The van der Waals surface area contributed by atoms with Gasteiger partial charge in [0.15, 0.2) is 0 Å². The van der Waals surface area contributed by atoms with Crippen LogP contribution in [-0.2, 0) is 10.0 Å². The molecule has 1 aromatic carbocycles. The van der Waals surface area contributed by atoms with E-state index in [1.807, 2.05) is 0 Å². The molecule has 1 amide bonds. The Morgan fingerprint density at radius 3 is 2.19 bits per heavy atom. The second-order valence-electron chi connectivity index (χ2n) is 5.34. The van der Waals surface area contributed by atoms with Gasteiger partial charge in [0.2, 0.25) is 10.0 Å². The van der Waals surface area contributed by atoms with Crippen LogP contribution in [0.4, 0.5) is 11.4 Å². The molecule has 0 spiro atoms. The summed E-state index contributed by atoms with van der Waals surface area (Å²) in [6, 6.07) is 4.67. The lowest BCUT2D eigenvalue weighted by Gasteiger charge is -2.32. The van der Waals surface area contributed by atoms with E-state index in [1.54, 1.807) is 23.1 Å². The third kappa shape index (κ3) is 4.33. The van der Waals surface area contributed by atoms with Gasteiger partial charge in [-0.3, -0.25) is 4.79 Å². The van der Waals surface area contributed by atoms with Gasteiger partial charge in [-0.05, 0) is 31.0 Å². The highest BCUT2D eigenvalue weighted by atomic mass is 32.2. The Bertz CT molecular complexity index is 617. The number of amides is 1. The molecular weight excluding hydrogens is 292 g/mol. The molecule has 0 aromatic heterocycles. The number of hydrogen-bond donors (Lipinski definition) is 3. The zero-order valence-corrected chi connectivity index (χ0v) is 12.7. The molecule has 0 saturated carbocycles. The van der Waals surface area contributed by atoms with Gasteiger partial charge in [0, 0.05) is 36.1 Å². The first kappa shape index (κ1) is 15.6. The molecule has 0 radical (unpaired) electrons. The van der Waals surface area contributed by atoms with E-state index in [9.17, 15) is 13.2 Å². The summed E-state index contributed by atoms with van der Waals surface area (Å²) in [7, 11) is -3.21. The summed E-state index contributed by atoms with van der Waals surface area (Å²) in [5.41, 5.74) is 12.7. The van der Waals surface area contributed by atoms with Gasteiger partial charge in [0.25, 0.3) is 5.91 Å². The van der Waals surface area contributed by atoms with E-state index in [0.29, 0.717) is 42.9 Å². The molecule has 1 aliphatic heterocycles. The van der Waals surface area contributed by atoms with Crippen molar-refractivity contribution in [2.45, 2.75) is 18.9 Å². The maximum absolute atomic E-state index is 12.4. The molecule has 116 valence electrons. The largest absolute Gasteiger partial charge is 0.399 e. The van der Waals surface area contributed by atoms with Crippen molar-refractivity contribution in [2.24, 2.45) is 0 Å². The average Bonchev–Trinajstić information content (AvgIpc) is 2.35. The Balaban J connectivity index is 2.00. The maximum atomic E-state index is 12.4. The number of nitrogens with one attached hydrogen (secondary N) is 1. The number of nitrogen functional groups attached to an aromatic ring is 2. The van der Waals surface area contributed by atoms with Crippen LogP contribution in [0.1, 0.15) is 23.2 Å². The number of anilines is 2. The molecule has 0 atom stereocenters. The van der Waals surface area contributed by atoms with Gasteiger partial charge in [-0.1, -0.05) is 0 Å². The highest BCUT2D eigenvalue weighted by Gasteiger charge is 2.25. The lowest BCUT2D eigenvalue weighted by Crippen LogP contribution is -2.46. The van der Waals surface area contributed by atoms with Crippen molar-refractivity contribution in [3.8, 4) is 0 Å². The normalized spacial score (nSPS) is 16.9. The highest BCUT2D eigenvalue weighted by molar-refractivity contribution is 7.88. The number of hydrogen-bond acceptors (Lipinski definition) is 5. The number of piperidine rings is 1. The summed E-state index contributed by atoms with van der Waals surface area (Å²) in [5, 5.41) is 0. The SMILES string of the molecule is CS(=O)(=O)NC1CCN(C(=O)c2cc(N)cc(N)c2)CC1. The number of benzene rings is 1. The van der Waals surface area contributed by atoms with Crippen LogP contribution in [0.25, 0.3) is 0 Å². The molecule has 8 heteroatoms. The molecule has 1 aliphatic rings. The fourth-order valence-electron chi connectivity index (χ4n) is 2.49. The summed E-state index contributed by atoms with van der Waals surface area (Å²) < 4.78 is 25.0. The van der Waals surface area contributed by atoms with Gasteiger partial charge in [0.1, 0.15) is 0 Å². The van der Waals surface area contributed by atoms with Crippen LogP contribution in [0.2, 0.25) is 0 Å². The van der Waals surface area contributed by atoms with Gasteiger partial charge in [-0.2, -0.15) is 0 Å². The first-order chi connectivity index (χ1) is 9.74. The van der Waals surface area contributed by atoms with E-state index in [4.69, 9.17) is 11.5 Å². The van der Waals surface area contributed by atoms with Crippen LogP contribution in [0, 0.1) is 0 Å². The third-order valence-electron chi connectivity index (χ3n) is 3.39. The predicted octanol–water partition coefficient (Wildman–Crippen LogP) is 0.00480. The Kier molecular flexibility index (Phi) is 4.38. The molecule has 0 aliphatic carbocycles. The third-order valence-corrected chi connectivity index (χ3v) is 4.15. The van der Waals surface area contributed by atoms with E-state index in [0.717, 1.165) is 6.26 Å². The smallest absolute Gasteiger partial charge is 0.254 e. The first-order valence-corrected chi connectivity index (χ1v) is 8.56. The minimum atomic E-state index is -3.21. The molecule has 1 fully saturated rings. The van der Waals surface area contributed by atoms with Crippen LogP contribution >= 0.6 is 0 Å². The summed E-state index contributed by atoms with van der Waals surface area (Å²) in [4.78, 5) is 14.1. The van der Waals surface area contributed by atoms with Crippen LogP contribution < -0.4 is 16.2 Å². The minimum Gasteiger partial charge on any atom is -0.399 e. The monoisotopic (exact) mass is 312 g/mol. The summed E-state index contributed by atoms with van der Waals surface area (Å²) >= 11 is 0. The maximum Gasteiger partial charge on any atom is 0.254 e. The zero-order valence-electron chi connectivity index (χ0n) is 11.9. The standard InChI is InChI=1S/C13H20N4O3S/c1-21(19,20)16-12-2-4-17(5-3-12)13(18)9-6-10(14)8-11(15)7-9/h6-8,12,16H,2-5,14-15H2,1H3. The van der Waals surface area contributed by atoms with Crippen molar-refractivity contribution >= 4 is 27.3 Å². The van der Waals surface area contributed by atoms with Crippen molar-refractivity contribution < 1.29 is 13.2 Å². The van der Waals surface area contributed by atoms with Gasteiger partial charge < -0.3 is 16.4 Å². The number of carbonyl (C=O) groups is 1. The highest BCUT2D eigenvalue weighted by Crippen LogP contribution is 2.18. The Hall–Kier alpha value is -1.80. The summed E-state index contributed by atoms with van der Waals surface area (Å²) in [6.45, 7) is 1.00. The quantitative estimate of drug-likeness (QED) is 0.679. The lowest BCUT2D eigenvalue weighted by molar-refractivity contribution is 0.0711. The number of nitrogens with zero attached hydrogens (tertiary/aromatic N) is 1. The van der Waals surface area contributed by atoms with E-state index in [1.165, 1.54) is 0 Å². The van der Waals surface area contributed by atoms with Crippen molar-refractivity contribution in [1.29, 1.82) is 0 Å². The van der Waals surface area contributed by atoms with E-state index >= 15 is 0 Å². The van der Waals surface area contributed by atoms with Gasteiger partial charge in [0.05, 0.1) is 6.26 Å². The number of nitrogens with two attached hydrogens (primary N) is 2. The van der Waals surface area contributed by atoms with Gasteiger partial charge in [-0.15, -0.1) is 0 Å². The molecule has 5 N–H and O–H groups in total. The Labute approximate surface area is 124 Å². The fourth-order valence-corrected chi connectivity index (χ4v) is 3.33. The predicted molar refractivity (Wildman–Crippen MR) is 82.2 cm³/mol. The lowest BCUT2D eigenvalue weighted by atomic mass is 10.0. The van der Waals surface area contributed by atoms with E-state index < -0.39 is 10.0 Å². The second kappa shape index (κ2) is 5.90. The van der Waals surface area contributed by atoms with Crippen LogP contribution in [-0.4, -0.2) is 44.6 Å². The van der Waals surface area contributed by atoms with Gasteiger partial charge in [-0.25, -0.2) is 13.1 Å². The zero-order chi connectivity index (χ0) is 15.6. The molecule has 0 unspecified atom stereocenters. The van der Waals surface area contributed by atoms with Crippen LogP contribution in [0.3, 0.4) is 0 Å². The molecule has 21 heavy (non-hydrogen) atoms. The molecule has 1 aromatic rings. The molecule has 7 nitrogen and oxygen atoms in total. The Morgan fingerprint density at radius 1 is 1.19 bits per heavy atom. The number of rotatable bonds is 3. The second-order valence-corrected chi connectivity index (χ2v) is 7.12. The fraction of sp³-hybridized carbons (Fsp3) is 0.462.